The Bertz CT molecular complexity index is 999. The van der Waals surface area contributed by atoms with Crippen LogP contribution < -0.4 is 20.7 Å². The zero-order chi connectivity index (χ0) is 20.3. The number of nitrogens with one attached hydrogen (secondary N) is 1. The highest BCUT2D eigenvalue weighted by molar-refractivity contribution is 7.80. The third-order valence-corrected chi connectivity index (χ3v) is 4.22. The number of thiocarbonyl (C=S) groups is 1. The summed E-state index contributed by atoms with van der Waals surface area (Å²) in [5.74, 6) is -1.20. The number of amides is 3. The van der Waals surface area contributed by atoms with Gasteiger partial charge in [-0.2, -0.15) is 0 Å². The molecule has 3 rings (SSSR count). The number of hydrogen-bond acceptors (Lipinski definition) is 5. The summed E-state index contributed by atoms with van der Waals surface area (Å²) in [6.45, 7) is 1.67. The first-order chi connectivity index (χ1) is 13.3. The monoisotopic (exact) mass is 395 g/mol. The first-order valence-electron chi connectivity index (χ1n) is 8.34. The topological polar surface area (TPSA) is 102 Å². The molecule has 7 nitrogen and oxygen atoms in total. The highest BCUT2D eigenvalue weighted by Gasteiger charge is 2.34. The van der Waals surface area contributed by atoms with E-state index in [1.807, 2.05) is 25.1 Å². The van der Waals surface area contributed by atoms with Crippen LogP contribution in [0, 0.1) is 6.92 Å². The van der Waals surface area contributed by atoms with E-state index < -0.39 is 17.7 Å². The van der Waals surface area contributed by atoms with E-state index in [4.69, 9.17) is 22.7 Å². The second kappa shape index (κ2) is 8.01. The quantitative estimate of drug-likeness (QED) is 0.456. The van der Waals surface area contributed by atoms with E-state index in [-0.39, 0.29) is 17.3 Å². The van der Waals surface area contributed by atoms with Crippen LogP contribution in [0.5, 0.6) is 5.75 Å². The van der Waals surface area contributed by atoms with Gasteiger partial charge < -0.3 is 10.5 Å². The van der Waals surface area contributed by atoms with Gasteiger partial charge in [0.25, 0.3) is 17.7 Å². The van der Waals surface area contributed by atoms with Gasteiger partial charge in [0.05, 0.1) is 5.69 Å². The molecular formula is C20H17N3O4S. The summed E-state index contributed by atoms with van der Waals surface area (Å²) < 4.78 is 5.19. The van der Waals surface area contributed by atoms with E-state index >= 15 is 0 Å². The van der Waals surface area contributed by atoms with Gasteiger partial charge in [-0.3, -0.25) is 24.6 Å². The Morgan fingerprint density at radius 3 is 2.57 bits per heavy atom. The molecular weight excluding hydrogens is 378 g/mol. The minimum absolute atomic E-state index is 0.0351. The average molecular weight is 395 g/mol. The molecule has 0 aromatic heterocycles. The van der Waals surface area contributed by atoms with Gasteiger partial charge in [-0.05, 0) is 60.6 Å². The van der Waals surface area contributed by atoms with E-state index in [0.717, 1.165) is 5.56 Å². The molecule has 28 heavy (non-hydrogen) atoms. The van der Waals surface area contributed by atoms with Crippen LogP contribution in [-0.4, -0.2) is 29.4 Å². The number of ether oxygens (including phenoxy) is 1. The van der Waals surface area contributed by atoms with Gasteiger partial charge in [-0.1, -0.05) is 24.3 Å². The molecule has 1 heterocycles. The van der Waals surface area contributed by atoms with Gasteiger partial charge in [-0.15, -0.1) is 0 Å². The summed E-state index contributed by atoms with van der Waals surface area (Å²) in [4.78, 5) is 37.3. The summed E-state index contributed by atoms with van der Waals surface area (Å²) in [5, 5.41) is 2.58. The van der Waals surface area contributed by atoms with Crippen LogP contribution in [0.25, 0.3) is 6.08 Å². The molecule has 142 valence electrons. The van der Waals surface area contributed by atoms with Crippen LogP contribution in [0.2, 0.25) is 0 Å². The first kappa shape index (κ1) is 19.2. The lowest BCUT2D eigenvalue weighted by molar-refractivity contribution is -0.122. The van der Waals surface area contributed by atoms with Crippen molar-refractivity contribution in [3.05, 3.63) is 65.2 Å². The van der Waals surface area contributed by atoms with Gasteiger partial charge in [0.15, 0.2) is 11.7 Å². The van der Waals surface area contributed by atoms with Crippen molar-refractivity contribution >= 4 is 46.8 Å². The molecule has 0 aliphatic carbocycles. The van der Waals surface area contributed by atoms with Crippen molar-refractivity contribution in [1.29, 1.82) is 0 Å². The number of carbonyl (C=O) groups excluding carboxylic acids is 3. The van der Waals surface area contributed by atoms with Gasteiger partial charge in [0.2, 0.25) is 0 Å². The second-order valence-electron chi connectivity index (χ2n) is 6.12. The number of nitrogens with two attached hydrogens (primary N) is 1. The van der Waals surface area contributed by atoms with Crippen LogP contribution >= 0.6 is 12.2 Å². The number of hydrogen-bond donors (Lipinski definition) is 2. The molecule has 0 radical (unpaired) electrons. The Kier molecular flexibility index (Phi) is 5.51. The average Bonchev–Trinajstić information content (AvgIpc) is 2.64. The third kappa shape index (κ3) is 4.24. The SMILES string of the molecule is Cc1cccc(N2C(=O)/C(=C/c3ccc(OCC(N)=O)cc3)C(=O)NC2=S)c1. The smallest absolute Gasteiger partial charge is 0.270 e. The Morgan fingerprint density at radius 2 is 1.93 bits per heavy atom. The normalized spacial score (nSPS) is 15.5. The number of rotatable bonds is 5. The minimum atomic E-state index is -0.581. The molecule has 3 N–H and O–H groups in total. The molecule has 2 aromatic carbocycles. The highest BCUT2D eigenvalue weighted by atomic mass is 32.1. The number of aryl methyl sites for hydroxylation is 1. The molecule has 3 amide bonds. The van der Waals surface area contributed by atoms with Crippen molar-refractivity contribution in [2.24, 2.45) is 5.73 Å². The lowest BCUT2D eigenvalue weighted by Crippen LogP contribution is -2.54. The zero-order valence-corrected chi connectivity index (χ0v) is 15.8. The summed E-state index contributed by atoms with van der Waals surface area (Å²) in [6, 6.07) is 13.8. The number of carbonyl (C=O) groups is 3. The third-order valence-electron chi connectivity index (χ3n) is 3.93. The van der Waals surface area contributed by atoms with E-state index in [1.54, 1.807) is 30.3 Å². The summed E-state index contributed by atoms with van der Waals surface area (Å²) in [5.41, 5.74) is 7.15. The molecule has 8 heteroatoms. The summed E-state index contributed by atoms with van der Waals surface area (Å²) in [6.07, 6.45) is 1.47. The molecule has 0 bridgehead atoms. The predicted octanol–water partition coefficient (Wildman–Crippen LogP) is 1.69. The molecule has 0 spiro atoms. The number of benzene rings is 2. The maximum atomic E-state index is 12.9. The van der Waals surface area contributed by atoms with Crippen LogP contribution in [0.4, 0.5) is 5.69 Å². The molecule has 1 saturated heterocycles. The number of primary amides is 1. The van der Waals surface area contributed by atoms with E-state index in [1.165, 1.54) is 11.0 Å². The lowest BCUT2D eigenvalue weighted by atomic mass is 10.1. The van der Waals surface area contributed by atoms with E-state index in [9.17, 15) is 14.4 Å². The molecule has 1 fully saturated rings. The maximum Gasteiger partial charge on any atom is 0.270 e. The standard InChI is InChI=1S/C20H17N3O4S/c1-12-3-2-4-14(9-12)23-19(26)16(18(25)22-20(23)28)10-13-5-7-15(8-6-13)27-11-17(21)24/h2-10H,11H2,1H3,(H2,21,24)(H,22,25,28)/b16-10+. The number of nitrogens with zero attached hydrogens (tertiary/aromatic N) is 1. The van der Waals surface area contributed by atoms with Crippen molar-refractivity contribution in [1.82, 2.24) is 5.32 Å². The van der Waals surface area contributed by atoms with Crippen molar-refractivity contribution < 1.29 is 19.1 Å². The van der Waals surface area contributed by atoms with Crippen molar-refractivity contribution in [3.63, 3.8) is 0 Å². The fourth-order valence-electron chi connectivity index (χ4n) is 2.64. The highest BCUT2D eigenvalue weighted by Crippen LogP contribution is 2.23. The molecule has 1 aliphatic rings. The maximum absolute atomic E-state index is 12.9. The van der Waals surface area contributed by atoms with Crippen molar-refractivity contribution in [3.8, 4) is 5.75 Å². The van der Waals surface area contributed by atoms with Crippen LogP contribution in [-0.2, 0) is 14.4 Å². The summed E-state index contributed by atoms with van der Waals surface area (Å²) >= 11 is 5.18. The Balaban J connectivity index is 1.87. The molecule has 0 atom stereocenters. The van der Waals surface area contributed by atoms with Crippen molar-refractivity contribution in [2.75, 3.05) is 11.5 Å². The van der Waals surface area contributed by atoms with Crippen LogP contribution in [0.15, 0.2) is 54.1 Å². The summed E-state index contributed by atoms with van der Waals surface area (Å²) in [7, 11) is 0. The van der Waals surface area contributed by atoms with Gasteiger partial charge >= 0.3 is 0 Å². The largest absolute Gasteiger partial charge is 0.484 e. The molecule has 1 aliphatic heterocycles. The molecule has 0 unspecified atom stereocenters. The molecule has 2 aromatic rings. The predicted molar refractivity (Wildman–Crippen MR) is 109 cm³/mol. The van der Waals surface area contributed by atoms with Gasteiger partial charge in [0, 0.05) is 0 Å². The van der Waals surface area contributed by atoms with Gasteiger partial charge in [0.1, 0.15) is 11.3 Å². The Morgan fingerprint density at radius 1 is 1.21 bits per heavy atom. The lowest BCUT2D eigenvalue weighted by Gasteiger charge is -2.29. The Hall–Kier alpha value is -3.52. The van der Waals surface area contributed by atoms with Crippen molar-refractivity contribution in [2.45, 2.75) is 6.92 Å². The van der Waals surface area contributed by atoms with Crippen LogP contribution in [0.3, 0.4) is 0 Å². The Labute approximate surface area is 166 Å². The molecule has 0 saturated carbocycles. The van der Waals surface area contributed by atoms with Crippen LogP contribution in [0.1, 0.15) is 11.1 Å². The van der Waals surface area contributed by atoms with E-state index in [2.05, 4.69) is 5.32 Å². The number of anilines is 1. The second-order valence-corrected chi connectivity index (χ2v) is 6.51. The zero-order valence-electron chi connectivity index (χ0n) is 15.0. The fourth-order valence-corrected chi connectivity index (χ4v) is 2.92. The fraction of sp³-hybridized carbons (Fsp3) is 0.100. The van der Waals surface area contributed by atoms with E-state index in [0.29, 0.717) is 17.0 Å². The first-order valence-corrected chi connectivity index (χ1v) is 8.75. The van der Waals surface area contributed by atoms with Gasteiger partial charge in [-0.25, -0.2) is 0 Å². The minimum Gasteiger partial charge on any atom is -0.484 e.